The first kappa shape index (κ1) is 35.6. The van der Waals surface area contributed by atoms with E-state index in [4.69, 9.17) is 22.1 Å². The van der Waals surface area contributed by atoms with Crippen LogP contribution in [0, 0.1) is 0 Å². The summed E-state index contributed by atoms with van der Waals surface area (Å²) in [7, 11) is 0. The van der Waals surface area contributed by atoms with Gasteiger partial charge in [0.2, 0.25) is 5.91 Å². The molecule has 17 heteroatoms. The van der Waals surface area contributed by atoms with Gasteiger partial charge in [-0.2, -0.15) is 26.3 Å². The Bertz CT molecular complexity index is 1450. The first-order valence-electron chi connectivity index (χ1n) is 11.0. The minimum atomic E-state index is -4.46. The van der Waals surface area contributed by atoms with E-state index < -0.39 is 30.2 Å². The van der Waals surface area contributed by atoms with Gasteiger partial charge in [0.25, 0.3) is 0 Å². The van der Waals surface area contributed by atoms with Gasteiger partial charge in [0.05, 0.1) is 16.1 Å². The molecule has 0 bridgehead atoms. The van der Waals surface area contributed by atoms with Crippen LogP contribution in [0.4, 0.5) is 37.8 Å². The Kier molecular flexibility index (Phi) is 13.0. The number of nitrogens with one attached hydrogen (secondary N) is 1. The number of halogens is 9. The van der Waals surface area contributed by atoms with Gasteiger partial charge in [-0.25, -0.2) is 9.97 Å². The molecule has 0 aliphatic heterocycles. The van der Waals surface area contributed by atoms with Gasteiger partial charge in [-0.15, -0.1) is 24.8 Å². The van der Waals surface area contributed by atoms with Crippen LogP contribution < -0.4 is 21.5 Å². The van der Waals surface area contributed by atoms with Crippen molar-refractivity contribution in [2.45, 2.75) is 25.3 Å². The molecule has 0 spiro atoms. The standard InChI is InChI=1S/C21H17ClF3N5O.C3H4F3NO.2ClH/c22-16-11-14(29-20-19-17(27-12-28-20)6-8-30(19)9-7-26)4-5-18(16)31-15-3-1-2-13(10-15)21(23,24)25;4-3(5,6)1-2(7)8;;/h1-6,8,10-12H,7,9,26H2,(H,27,28,29);1H2,(H2,7,8);2*1H. The van der Waals surface area contributed by atoms with E-state index in [1.807, 2.05) is 16.8 Å². The molecule has 4 aromatic rings. The maximum Gasteiger partial charge on any atom is 0.416 e. The summed E-state index contributed by atoms with van der Waals surface area (Å²) >= 11 is 6.31. The molecule has 0 saturated heterocycles. The van der Waals surface area contributed by atoms with Crippen molar-refractivity contribution < 1.29 is 35.9 Å². The second kappa shape index (κ2) is 15.0. The van der Waals surface area contributed by atoms with Gasteiger partial charge < -0.3 is 26.1 Å². The van der Waals surface area contributed by atoms with Crippen LogP contribution in [0.15, 0.2) is 61.1 Å². The zero-order valence-corrected chi connectivity index (χ0v) is 23.1. The summed E-state index contributed by atoms with van der Waals surface area (Å²) in [4.78, 5) is 18.1. The summed E-state index contributed by atoms with van der Waals surface area (Å²) in [5, 5.41) is 3.42. The molecule has 224 valence electrons. The fraction of sp³-hybridized carbons (Fsp3) is 0.208. The molecule has 0 unspecified atom stereocenters. The van der Waals surface area contributed by atoms with Gasteiger partial charge in [0.1, 0.15) is 29.8 Å². The fourth-order valence-corrected chi connectivity index (χ4v) is 3.53. The third-order valence-corrected chi connectivity index (χ3v) is 5.17. The van der Waals surface area contributed by atoms with Gasteiger partial charge in [-0.1, -0.05) is 17.7 Å². The van der Waals surface area contributed by atoms with Crippen molar-refractivity contribution in [2.75, 3.05) is 11.9 Å². The van der Waals surface area contributed by atoms with E-state index in [1.54, 1.807) is 18.2 Å². The number of hydrogen-bond donors (Lipinski definition) is 3. The summed E-state index contributed by atoms with van der Waals surface area (Å²) in [6.07, 6.45) is -7.11. The summed E-state index contributed by atoms with van der Waals surface area (Å²) in [5.41, 5.74) is 11.3. The predicted octanol–water partition coefficient (Wildman–Crippen LogP) is 6.87. The van der Waals surface area contributed by atoms with E-state index in [0.29, 0.717) is 24.6 Å². The van der Waals surface area contributed by atoms with Crippen LogP contribution in [0.1, 0.15) is 12.0 Å². The highest BCUT2D eigenvalue weighted by molar-refractivity contribution is 6.32. The number of hydrogen-bond acceptors (Lipinski definition) is 6. The third kappa shape index (κ3) is 10.5. The molecule has 5 N–H and O–H groups in total. The Morgan fingerprint density at radius 2 is 1.73 bits per heavy atom. The fourth-order valence-electron chi connectivity index (χ4n) is 3.31. The number of primary amides is 1. The molecule has 0 atom stereocenters. The molecular weight excluding hydrogens is 625 g/mol. The number of aromatic nitrogens is 3. The van der Waals surface area contributed by atoms with Crippen molar-refractivity contribution in [2.24, 2.45) is 11.5 Å². The molecule has 2 aromatic heterocycles. The number of ether oxygens (including phenoxy) is 1. The Morgan fingerprint density at radius 3 is 2.29 bits per heavy atom. The van der Waals surface area contributed by atoms with E-state index in [-0.39, 0.29) is 41.3 Å². The van der Waals surface area contributed by atoms with E-state index in [0.717, 1.165) is 23.2 Å². The van der Waals surface area contributed by atoms with Gasteiger partial charge in [0.15, 0.2) is 5.82 Å². The molecule has 0 radical (unpaired) electrons. The van der Waals surface area contributed by atoms with E-state index in [1.165, 1.54) is 18.5 Å². The van der Waals surface area contributed by atoms with Crippen LogP contribution in [-0.2, 0) is 17.5 Å². The number of benzene rings is 2. The van der Waals surface area contributed by atoms with Gasteiger partial charge in [0, 0.05) is 25.0 Å². The maximum atomic E-state index is 12.9. The normalized spacial score (nSPS) is 11.0. The van der Waals surface area contributed by atoms with Crippen LogP contribution in [0.25, 0.3) is 11.0 Å². The number of anilines is 2. The number of rotatable bonds is 7. The number of carbonyl (C=O) groups is 1. The molecule has 0 aliphatic rings. The molecule has 41 heavy (non-hydrogen) atoms. The minimum absolute atomic E-state index is 0. The average Bonchev–Trinajstić information content (AvgIpc) is 3.23. The van der Waals surface area contributed by atoms with Crippen LogP contribution >= 0.6 is 36.4 Å². The lowest BCUT2D eigenvalue weighted by atomic mass is 10.2. The highest BCUT2D eigenvalue weighted by Crippen LogP contribution is 2.36. The molecule has 0 saturated carbocycles. The van der Waals surface area contributed by atoms with Crippen molar-refractivity contribution in [3.63, 3.8) is 0 Å². The van der Waals surface area contributed by atoms with Crippen LogP contribution in [0.5, 0.6) is 11.5 Å². The van der Waals surface area contributed by atoms with Gasteiger partial charge in [-0.05, 0) is 42.5 Å². The zero-order valence-electron chi connectivity index (χ0n) is 20.7. The summed E-state index contributed by atoms with van der Waals surface area (Å²) in [5.74, 6) is -0.510. The van der Waals surface area contributed by atoms with Crippen molar-refractivity contribution >= 4 is 64.9 Å². The quantitative estimate of drug-likeness (QED) is 0.188. The summed E-state index contributed by atoms with van der Waals surface area (Å²) in [6.45, 7) is 1.07. The van der Waals surface area contributed by atoms with E-state index in [9.17, 15) is 31.1 Å². The largest absolute Gasteiger partial charge is 0.456 e. The molecule has 1 amide bonds. The summed E-state index contributed by atoms with van der Waals surface area (Å²) in [6, 6.07) is 11.3. The highest BCUT2D eigenvalue weighted by atomic mass is 35.5. The molecule has 0 aliphatic carbocycles. The smallest absolute Gasteiger partial charge is 0.416 e. The monoisotopic (exact) mass is 646 g/mol. The number of fused-ring (bicyclic) bond motifs is 1. The van der Waals surface area contributed by atoms with E-state index >= 15 is 0 Å². The number of amides is 1. The molecular formula is C24H23Cl3F6N6O2. The van der Waals surface area contributed by atoms with Crippen LogP contribution in [0.2, 0.25) is 5.02 Å². The first-order valence-corrected chi connectivity index (χ1v) is 11.4. The molecule has 2 aromatic carbocycles. The predicted molar refractivity (Wildman–Crippen MR) is 147 cm³/mol. The third-order valence-electron chi connectivity index (χ3n) is 4.88. The van der Waals surface area contributed by atoms with Gasteiger partial charge in [-0.3, -0.25) is 4.79 Å². The molecule has 4 rings (SSSR count). The second-order valence-corrected chi connectivity index (χ2v) is 8.32. The van der Waals surface area contributed by atoms with Crippen molar-refractivity contribution in [1.29, 1.82) is 0 Å². The first-order chi connectivity index (χ1) is 18.3. The number of alkyl halides is 6. The van der Waals surface area contributed by atoms with Crippen LogP contribution in [0.3, 0.4) is 0 Å². The lowest BCUT2D eigenvalue weighted by Gasteiger charge is -2.13. The lowest BCUT2D eigenvalue weighted by molar-refractivity contribution is -0.151. The molecule has 8 nitrogen and oxygen atoms in total. The van der Waals surface area contributed by atoms with Crippen molar-refractivity contribution in [1.82, 2.24) is 14.5 Å². The zero-order chi connectivity index (χ0) is 28.8. The summed E-state index contributed by atoms with van der Waals surface area (Å²) < 4.78 is 79.2. The molecule has 0 fully saturated rings. The average molecular weight is 648 g/mol. The Balaban J connectivity index is 0.000000740. The SMILES string of the molecule is Cl.Cl.NC(=O)CC(F)(F)F.NCCn1ccc2ncnc(Nc3ccc(Oc4cccc(C(F)(F)F)c4)c(Cl)c3)c21. The lowest BCUT2D eigenvalue weighted by Crippen LogP contribution is -2.21. The van der Waals surface area contributed by atoms with Crippen molar-refractivity contribution in [3.8, 4) is 11.5 Å². The van der Waals surface area contributed by atoms with Gasteiger partial charge >= 0.3 is 12.4 Å². The van der Waals surface area contributed by atoms with E-state index in [2.05, 4.69) is 21.0 Å². The Hall–Kier alpha value is -3.46. The Labute approximate surface area is 246 Å². The second-order valence-electron chi connectivity index (χ2n) is 7.91. The highest BCUT2D eigenvalue weighted by Gasteiger charge is 2.31. The van der Waals surface area contributed by atoms with Crippen LogP contribution in [-0.4, -0.2) is 33.2 Å². The number of carbonyl (C=O) groups excluding carboxylic acids is 1. The number of nitrogens with two attached hydrogens (primary N) is 2. The minimum Gasteiger partial charge on any atom is -0.456 e. The maximum absolute atomic E-state index is 12.9. The van der Waals surface area contributed by atoms with Crippen molar-refractivity contribution in [3.05, 3.63) is 71.6 Å². The molecule has 2 heterocycles. The Morgan fingerprint density at radius 1 is 1.02 bits per heavy atom. The topological polar surface area (TPSA) is 121 Å². The number of nitrogens with zero attached hydrogens (tertiary/aromatic N) is 3.